The maximum absolute atomic E-state index is 4.66. The molecule has 3 rings (SSSR count). The number of hydrogen-bond acceptors (Lipinski definition) is 4. The lowest BCUT2D eigenvalue weighted by molar-refractivity contribution is 0.887. The molecule has 2 N–H and O–H groups in total. The molecule has 0 unspecified atom stereocenters. The minimum absolute atomic E-state index is 0.294. The fourth-order valence-electron chi connectivity index (χ4n) is 2.31. The lowest BCUT2D eigenvalue weighted by atomic mass is 10.2. The van der Waals surface area contributed by atoms with E-state index in [0.717, 1.165) is 27.4 Å². The summed E-state index contributed by atoms with van der Waals surface area (Å²) in [7, 11) is 0. The Kier molecular flexibility index (Phi) is 5.11. The number of halogens is 1. The molecule has 0 bridgehead atoms. The topological polar surface area (TPSA) is 49.8 Å². The average Bonchev–Trinajstić information content (AvgIpc) is 2.55. The lowest BCUT2D eigenvalue weighted by Crippen LogP contribution is -2.12. The van der Waals surface area contributed by atoms with Gasteiger partial charge in [0.2, 0.25) is 0 Å². The molecule has 0 atom stereocenters. The summed E-state index contributed by atoms with van der Waals surface area (Å²) in [4.78, 5) is 9.29. The van der Waals surface area contributed by atoms with Crippen molar-refractivity contribution in [3.8, 4) is 11.4 Å². The van der Waals surface area contributed by atoms with Gasteiger partial charge in [-0.3, -0.25) is 0 Å². The van der Waals surface area contributed by atoms with Gasteiger partial charge in [-0.05, 0) is 32.0 Å². The van der Waals surface area contributed by atoms with Gasteiger partial charge < -0.3 is 10.6 Å². The van der Waals surface area contributed by atoms with Gasteiger partial charge in [-0.15, -0.1) is 0 Å². The molecule has 3 aromatic rings. The largest absolute Gasteiger partial charge is 0.368 e. The van der Waals surface area contributed by atoms with Crippen molar-refractivity contribution in [2.45, 2.75) is 19.9 Å². The van der Waals surface area contributed by atoms with Crippen LogP contribution in [0.2, 0.25) is 0 Å². The smallest absolute Gasteiger partial charge is 0.163 e. The molecule has 0 saturated heterocycles. The summed E-state index contributed by atoms with van der Waals surface area (Å²) in [5, 5.41) is 6.70. The second-order valence-electron chi connectivity index (χ2n) is 5.76. The van der Waals surface area contributed by atoms with Gasteiger partial charge in [0.25, 0.3) is 0 Å². The number of nitrogens with one attached hydrogen (secondary N) is 2. The van der Waals surface area contributed by atoms with Crippen LogP contribution in [0.3, 0.4) is 0 Å². The number of aromatic nitrogens is 2. The molecule has 122 valence electrons. The molecule has 0 amide bonds. The molecule has 5 heteroatoms. The van der Waals surface area contributed by atoms with Crippen LogP contribution in [0.4, 0.5) is 17.3 Å². The van der Waals surface area contributed by atoms with Crippen molar-refractivity contribution in [1.82, 2.24) is 9.97 Å². The molecule has 24 heavy (non-hydrogen) atoms. The van der Waals surface area contributed by atoms with Crippen LogP contribution < -0.4 is 10.6 Å². The van der Waals surface area contributed by atoms with E-state index >= 15 is 0 Å². The molecule has 1 aromatic heterocycles. The van der Waals surface area contributed by atoms with E-state index in [1.54, 1.807) is 0 Å². The van der Waals surface area contributed by atoms with E-state index in [1.165, 1.54) is 0 Å². The van der Waals surface area contributed by atoms with Crippen molar-refractivity contribution in [3.63, 3.8) is 0 Å². The fourth-order valence-corrected chi connectivity index (χ4v) is 2.71. The SMILES string of the molecule is CC(C)Nc1cc(Nc2cccc(Br)c2)nc(-c2ccccc2)n1. The van der Waals surface area contributed by atoms with Gasteiger partial charge in [0, 0.05) is 27.8 Å². The minimum Gasteiger partial charge on any atom is -0.368 e. The predicted octanol–water partition coefficient (Wildman–Crippen LogP) is 5.47. The Morgan fingerprint density at radius 3 is 2.33 bits per heavy atom. The van der Waals surface area contributed by atoms with Crippen molar-refractivity contribution >= 4 is 33.3 Å². The number of nitrogens with zero attached hydrogens (tertiary/aromatic N) is 2. The summed E-state index contributed by atoms with van der Waals surface area (Å²) in [6, 6.07) is 20.2. The zero-order chi connectivity index (χ0) is 16.9. The highest BCUT2D eigenvalue weighted by atomic mass is 79.9. The molecular weight excluding hydrogens is 364 g/mol. The Morgan fingerprint density at radius 1 is 0.875 bits per heavy atom. The lowest BCUT2D eigenvalue weighted by Gasteiger charge is -2.13. The number of benzene rings is 2. The molecular formula is C19H19BrN4. The molecule has 2 aromatic carbocycles. The van der Waals surface area contributed by atoms with Gasteiger partial charge in [-0.2, -0.15) is 0 Å². The number of hydrogen-bond donors (Lipinski definition) is 2. The first-order chi connectivity index (χ1) is 11.6. The first kappa shape index (κ1) is 16.5. The first-order valence-electron chi connectivity index (χ1n) is 7.84. The van der Waals surface area contributed by atoms with Crippen LogP contribution in [0.25, 0.3) is 11.4 Å². The standard InChI is InChI=1S/C19H19BrN4/c1-13(2)21-17-12-18(22-16-10-6-9-15(20)11-16)24-19(23-17)14-7-4-3-5-8-14/h3-13H,1-2H3,(H2,21,22,23,24). The van der Waals surface area contributed by atoms with E-state index in [9.17, 15) is 0 Å². The summed E-state index contributed by atoms with van der Waals surface area (Å²) in [5.74, 6) is 2.25. The molecule has 0 spiro atoms. The molecule has 0 fully saturated rings. The van der Waals surface area contributed by atoms with Crippen LogP contribution in [-0.4, -0.2) is 16.0 Å². The van der Waals surface area contributed by atoms with E-state index < -0.39 is 0 Å². The van der Waals surface area contributed by atoms with Crippen molar-refractivity contribution in [2.24, 2.45) is 0 Å². The highest BCUT2D eigenvalue weighted by Gasteiger charge is 2.08. The Hall–Kier alpha value is -2.40. The van der Waals surface area contributed by atoms with E-state index in [0.29, 0.717) is 11.9 Å². The Morgan fingerprint density at radius 2 is 1.62 bits per heavy atom. The van der Waals surface area contributed by atoms with Gasteiger partial charge in [-0.25, -0.2) is 9.97 Å². The van der Waals surface area contributed by atoms with Crippen LogP contribution in [0.5, 0.6) is 0 Å². The normalized spacial score (nSPS) is 10.7. The second-order valence-corrected chi connectivity index (χ2v) is 6.68. The van der Waals surface area contributed by atoms with E-state index in [1.807, 2.05) is 60.7 Å². The summed E-state index contributed by atoms with van der Waals surface area (Å²) >= 11 is 3.49. The van der Waals surface area contributed by atoms with Crippen LogP contribution in [0, 0.1) is 0 Å². The van der Waals surface area contributed by atoms with Crippen LogP contribution in [0.1, 0.15) is 13.8 Å². The van der Waals surface area contributed by atoms with Crippen LogP contribution in [0.15, 0.2) is 65.1 Å². The minimum atomic E-state index is 0.294. The Bertz CT molecular complexity index is 819. The summed E-state index contributed by atoms with van der Waals surface area (Å²) in [6.07, 6.45) is 0. The van der Waals surface area contributed by atoms with Crippen molar-refractivity contribution in [3.05, 3.63) is 65.1 Å². The zero-order valence-electron chi connectivity index (χ0n) is 13.6. The maximum atomic E-state index is 4.66. The molecule has 0 aliphatic heterocycles. The van der Waals surface area contributed by atoms with Gasteiger partial charge in [0.1, 0.15) is 11.6 Å². The monoisotopic (exact) mass is 382 g/mol. The van der Waals surface area contributed by atoms with Crippen molar-refractivity contribution in [2.75, 3.05) is 10.6 Å². The fraction of sp³-hybridized carbons (Fsp3) is 0.158. The van der Waals surface area contributed by atoms with E-state index in [4.69, 9.17) is 0 Å². The van der Waals surface area contributed by atoms with Gasteiger partial charge >= 0.3 is 0 Å². The molecule has 0 radical (unpaired) electrons. The molecule has 0 saturated carbocycles. The highest BCUT2D eigenvalue weighted by molar-refractivity contribution is 9.10. The third-order valence-corrected chi connectivity index (χ3v) is 3.78. The Labute approximate surface area is 150 Å². The third-order valence-electron chi connectivity index (χ3n) is 3.29. The van der Waals surface area contributed by atoms with Gasteiger partial charge in [-0.1, -0.05) is 52.3 Å². The van der Waals surface area contributed by atoms with Crippen LogP contribution >= 0.6 is 15.9 Å². The highest BCUT2D eigenvalue weighted by Crippen LogP contribution is 2.24. The second kappa shape index (κ2) is 7.45. The third kappa shape index (κ3) is 4.32. The van der Waals surface area contributed by atoms with Crippen molar-refractivity contribution in [1.29, 1.82) is 0 Å². The zero-order valence-corrected chi connectivity index (χ0v) is 15.2. The summed E-state index contributed by atoms with van der Waals surface area (Å²) < 4.78 is 1.02. The van der Waals surface area contributed by atoms with E-state index in [-0.39, 0.29) is 0 Å². The number of anilines is 3. The quantitative estimate of drug-likeness (QED) is 0.614. The summed E-state index contributed by atoms with van der Waals surface area (Å²) in [5.41, 5.74) is 1.96. The molecule has 1 heterocycles. The van der Waals surface area contributed by atoms with Crippen LogP contribution in [-0.2, 0) is 0 Å². The summed E-state index contributed by atoms with van der Waals surface area (Å²) in [6.45, 7) is 4.18. The molecule has 0 aliphatic rings. The van der Waals surface area contributed by atoms with Crippen molar-refractivity contribution < 1.29 is 0 Å². The number of rotatable bonds is 5. The molecule has 0 aliphatic carbocycles. The first-order valence-corrected chi connectivity index (χ1v) is 8.63. The van der Waals surface area contributed by atoms with Gasteiger partial charge in [0.15, 0.2) is 5.82 Å². The maximum Gasteiger partial charge on any atom is 0.163 e. The average molecular weight is 383 g/mol. The predicted molar refractivity (Wildman–Crippen MR) is 104 cm³/mol. The molecule has 4 nitrogen and oxygen atoms in total. The van der Waals surface area contributed by atoms with E-state index in [2.05, 4.69) is 50.4 Å². The Balaban J connectivity index is 1.98. The van der Waals surface area contributed by atoms with Gasteiger partial charge in [0.05, 0.1) is 0 Å².